The van der Waals surface area contributed by atoms with Crippen LogP contribution in [0.25, 0.3) is 11.0 Å². The minimum absolute atomic E-state index is 0.182. The zero-order valence-electron chi connectivity index (χ0n) is 10.7. The lowest BCUT2D eigenvalue weighted by molar-refractivity contribution is 0.0596. The second-order valence-corrected chi connectivity index (χ2v) is 3.68. The van der Waals surface area contributed by atoms with E-state index >= 15 is 0 Å². The lowest BCUT2D eigenvalue weighted by atomic mass is 10.1. The molecular formula is C13H12O6. The highest BCUT2D eigenvalue weighted by Crippen LogP contribution is 2.30. The molecule has 0 saturated carbocycles. The molecule has 1 heterocycles. The van der Waals surface area contributed by atoms with E-state index in [0.29, 0.717) is 16.9 Å². The number of benzene rings is 1. The molecule has 6 nitrogen and oxygen atoms in total. The van der Waals surface area contributed by atoms with Crippen LogP contribution in [0.15, 0.2) is 27.4 Å². The fourth-order valence-corrected chi connectivity index (χ4v) is 1.70. The molecule has 0 N–H and O–H groups in total. The van der Waals surface area contributed by atoms with E-state index in [4.69, 9.17) is 13.9 Å². The lowest BCUT2D eigenvalue weighted by Gasteiger charge is -2.08. The summed E-state index contributed by atoms with van der Waals surface area (Å²) in [6, 6.07) is 4.55. The van der Waals surface area contributed by atoms with E-state index in [1.54, 1.807) is 12.1 Å². The second-order valence-electron chi connectivity index (χ2n) is 3.68. The van der Waals surface area contributed by atoms with Gasteiger partial charge in [-0.3, -0.25) is 0 Å². The van der Waals surface area contributed by atoms with E-state index in [2.05, 4.69) is 4.74 Å². The van der Waals surface area contributed by atoms with E-state index in [1.165, 1.54) is 27.4 Å². The van der Waals surface area contributed by atoms with Crippen LogP contribution in [0, 0.1) is 0 Å². The molecule has 100 valence electrons. The van der Waals surface area contributed by atoms with E-state index in [-0.39, 0.29) is 11.1 Å². The average Bonchev–Trinajstić information content (AvgIpc) is 2.44. The molecular weight excluding hydrogens is 252 g/mol. The molecule has 0 radical (unpaired) electrons. The third-order valence-corrected chi connectivity index (χ3v) is 2.65. The van der Waals surface area contributed by atoms with Crippen molar-refractivity contribution < 1.29 is 23.4 Å². The second kappa shape index (κ2) is 5.01. The molecule has 2 aromatic rings. The van der Waals surface area contributed by atoms with Gasteiger partial charge >= 0.3 is 11.6 Å². The molecule has 6 heteroatoms. The molecule has 19 heavy (non-hydrogen) atoms. The maximum atomic E-state index is 11.7. The Hall–Kier alpha value is -2.50. The summed E-state index contributed by atoms with van der Waals surface area (Å²) >= 11 is 0. The number of hydrogen-bond donors (Lipinski definition) is 0. The number of ether oxygens (including phenoxy) is 3. The van der Waals surface area contributed by atoms with Crippen LogP contribution >= 0.6 is 0 Å². The molecule has 2 rings (SSSR count). The van der Waals surface area contributed by atoms with Gasteiger partial charge in [0.25, 0.3) is 0 Å². The van der Waals surface area contributed by atoms with Crippen molar-refractivity contribution in [3.05, 3.63) is 34.2 Å². The van der Waals surface area contributed by atoms with Gasteiger partial charge in [-0.25, -0.2) is 9.59 Å². The van der Waals surface area contributed by atoms with Gasteiger partial charge in [0.2, 0.25) is 0 Å². The molecule has 0 atom stereocenters. The Morgan fingerprint density at radius 1 is 1.11 bits per heavy atom. The molecule has 0 aliphatic rings. The highest BCUT2D eigenvalue weighted by molar-refractivity contribution is 5.95. The van der Waals surface area contributed by atoms with Gasteiger partial charge in [-0.05, 0) is 6.07 Å². The minimum atomic E-state index is -0.769. The highest BCUT2D eigenvalue weighted by atomic mass is 16.5. The molecule has 0 aliphatic carbocycles. The van der Waals surface area contributed by atoms with E-state index in [0.717, 1.165) is 0 Å². The fourth-order valence-electron chi connectivity index (χ4n) is 1.70. The van der Waals surface area contributed by atoms with Crippen molar-refractivity contribution in [2.45, 2.75) is 0 Å². The zero-order chi connectivity index (χ0) is 14.0. The largest absolute Gasteiger partial charge is 0.496 e. The van der Waals surface area contributed by atoms with E-state index in [1.807, 2.05) is 0 Å². The van der Waals surface area contributed by atoms with Gasteiger partial charge in [-0.1, -0.05) is 0 Å². The lowest BCUT2D eigenvalue weighted by Crippen LogP contribution is -2.15. The normalized spacial score (nSPS) is 10.3. The number of carbonyl (C=O) groups is 1. The number of rotatable bonds is 3. The first-order valence-electron chi connectivity index (χ1n) is 5.39. The maximum Gasteiger partial charge on any atom is 0.351 e. The van der Waals surface area contributed by atoms with Crippen LogP contribution < -0.4 is 15.1 Å². The first kappa shape index (κ1) is 12.9. The summed E-state index contributed by atoms with van der Waals surface area (Å²) in [6.07, 6.45) is 0. The summed E-state index contributed by atoms with van der Waals surface area (Å²) in [5, 5.41) is 0.489. The third-order valence-electron chi connectivity index (χ3n) is 2.65. The molecule has 0 saturated heterocycles. The Bertz CT molecular complexity index is 685. The summed E-state index contributed by atoms with van der Waals surface area (Å²) in [5.74, 6) is 0.162. The summed E-state index contributed by atoms with van der Waals surface area (Å²) in [5.41, 5.74) is -0.679. The van der Waals surface area contributed by atoms with Crippen LogP contribution in [0.2, 0.25) is 0 Å². The molecule has 0 unspecified atom stereocenters. The zero-order valence-corrected chi connectivity index (χ0v) is 10.7. The van der Waals surface area contributed by atoms with Gasteiger partial charge < -0.3 is 18.6 Å². The number of esters is 1. The molecule has 0 fully saturated rings. The standard InChI is InChI=1S/C13H12O6/c1-16-7-4-10(17-2)8-6-9(12(14)18-3)13(15)19-11(8)5-7/h4-6H,1-3H3. The highest BCUT2D eigenvalue weighted by Gasteiger charge is 2.16. The molecule has 0 aliphatic heterocycles. The SMILES string of the molecule is COC(=O)c1cc2c(OC)cc(OC)cc2oc1=O. The molecule has 0 bridgehead atoms. The number of fused-ring (bicyclic) bond motifs is 1. The van der Waals surface area contributed by atoms with Crippen LogP contribution in [0.1, 0.15) is 10.4 Å². The van der Waals surface area contributed by atoms with Crippen LogP contribution in [0.3, 0.4) is 0 Å². The topological polar surface area (TPSA) is 75.0 Å². The Morgan fingerprint density at radius 2 is 1.84 bits per heavy atom. The van der Waals surface area contributed by atoms with E-state index in [9.17, 15) is 9.59 Å². The first-order valence-corrected chi connectivity index (χ1v) is 5.39. The van der Waals surface area contributed by atoms with Crippen molar-refractivity contribution in [1.29, 1.82) is 0 Å². The van der Waals surface area contributed by atoms with Crippen molar-refractivity contribution in [1.82, 2.24) is 0 Å². The first-order chi connectivity index (χ1) is 9.10. The summed E-state index contributed by atoms with van der Waals surface area (Å²) in [4.78, 5) is 23.1. The summed E-state index contributed by atoms with van der Waals surface area (Å²) in [7, 11) is 4.15. The van der Waals surface area contributed by atoms with Gasteiger partial charge in [-0.15, -0.1) is 0 Å². The van der Waals surface area contributed by atoms with Gasteiger partial charge in [0.15, 0.2) is 0 Å². The van der Waals surface area contributed by atoms with Crippen LogP contribution in [-0.4, -0.2) is 27.3 Å². The van der Waals surface area contributed by atoms with Crippen LogP contribution in [0.4, 0.5) is 0 Å². The quantitative estimate of drug-likeness (QED) is 0.619. The number of carbonyl (C=O) groups excluding carboxylic acids is 1. The Morgan fingerprint density at radius 3 is 2.42 bits per heavy atom. The predicted molar refractivity (Wildman–Crippen MR) is 66.9 cm³/mol. The maximum absolute atomic E-state index is 11.7. The number of hydrogen-bond acceptors (Lipinski definition) is 6. The smallest absolute Gasteiger partial charge is 0.351 e. The molecule has 1 aromatic carbocycles. The Balaban J connectivity index is 2.78. The predicted octanol–water partition coefficient (Wildman–Crippen LogP) is 1.60. The van der Waals surface area contributed by atoms with E-state index < -0.39 is 11.6 Å². The summed E-state index contributed by atoms with van der Waals surface area (Å²) in [6.45, 7) is 0. The van der Waals surface area contributed by atoms with Crippen molar-refractivity contribution in [3.8, 4) is 11.5 Å². The molecule has 1 aromatic heterocycles. The van der Waals surface area contributed by atoms with Crippen molar-refractivity contribution in [2.75, 3.05) is 21.3 Å². The van der Waals surface area contributed by atoms with Crippen molar-refractivity contribution >= 4 is 16.9 Å². The summed E-state index contributed by atoms with van der Waals surface area (Å²) < 4.78 is 19.9. The monoisotopic (exact) mass is 264 g/mol. The van der Waals surface area contributed by atoms with Gasteiger partial charge in [0, 0.05) is 12.1 Å². The van der Waals surface area contributed by atoms with Crippen LogP contribution in [0.5, 0.6) is 11.5 Å². The van der Waals surface area contributed by atoms with Crippen molar-refractivity contribution in [3.63, 3.8) is 0 Å². The fraction of sp³-hybridized carbons (Fsp3) is 0.231. The molecule has 0 spiro atoms. The van der Waals surface area contributed by atoms with Crippen molar-refractivity contribution in [2.24, 2.45) is 0 Å². The minimum Gasteiger partial charge on any atom is -0.496 e. The van der Waals surface area contributed by atoms with Crippen LogP contribution in [-0.2, 0) is 4.74 Å². The van der Waals surface area contributed by atoms with Gasteiger partial charge in [0.05, 0.1) is 26.7 Å². The Kier molecular flexibility index (Phi) is 3.41. The third kappa shape index (κ3) is 2.24. The average molecular weight is 264 g/mol. The number of methoxy groups -OCH3 is 3. The molecule has 0 amide bonds. The van der Waals surface area contributed by atoms with Gasteiger partial charge in [-0.2, -0.15) is 0 Å². The Labute approximate surface area is 108 Å². The van der Waals surface area contributed by atoms with Gasteiger partial charge in [0.1, 0.15) is 22.6 Å².